The number of hydrogen-bond acceptors (Lipinski definition) is 1. The molecule has 0 aliphatic carbocycles. The maximum Gasteiger partial charge on any atom is 0.336 e. The molecule has 0 aromatic heterocycles. The minimum absolute atomic E-state index is 0.250. The van der Waals surface area contributed by atoms with Crippen molar-refractivity contribution in [1.82, 2.24) is 0 Å². The molecule has 2 aromatic carbocycles. The van der Waals surface area contributed by atoms with E-state index in [1.54, 1.807) is 18.2 Å². The van der Waals surface area contributed by atoms with Gasteiger partial charge in [-0.15, -0.1) is 0 Å². The lowest BCUT2D eigenvalue weighted by molar-refractivity contribution is 0.0695. The Morgan fingerprint density at radius 2 is 1.63 bits per heavy atom. The average molecular weight is 295 g/mol. The van der Waals surface area contributed by atoms with Gasteiger partial charge in [-0.2, -0.15) is 0 Å². The van der Waals surface area contributed by atoms with Gasteiger partial charge in [0.2, 0.25) is 0 Å². The summed E-state index contributed by atoms with van der Waals surface area (Å²) in [6.07, 6.45) is 1.20. The summed E-state index contributed by atoms with van der Waals surface area (Å²) in [5, 5.41) is 10.3. The summed E-state index contributed by atoms with van der Waals surface area (Å²) in [5.41, 5.74) is 1.89. The van der Waals surface area contributed by atoms with Gasteiger partial charge in [0.1, 0.15) is 0 Å². The minimum Gasteiger partial charge on any atom is -0.478 e. The number of halogens is 2. The SMILES string of the molecule is O=C(O)c1cccc(Cl)c1CCc1ccccc1Cl. The van der Waals surface area contributed by atoms with E-state index < -0.39 is 5.97 Å². The molecule has 2 nitrogen and oxygen atoms in total. The van der Waals surface area contributed by atoms with Crippen molar-refractivity contribution >= 4 is 29.2 Å². The molecule has 0 atom stereocenters. The molecule has 0 amide bonds. The summed E-state index contributed by atoms with van der Waals surface area (Å²) in [5.74, 6) is -0.961. The van der Waals surface area contributed by atoms with Gasteiger partial charge < -0.3 is 5.11 Å². The van der Waals surface area contributed by atoms with Crippen LogP contribution in [0.3, 0.4) is 0 Å². The molecule has 0 spiro atoms. The second kappa shape index (κ2) is 6.09. The number of hydrogen-bond donors (Lipinski definition) is 1. The van der Waals surface area contributed by atoms with E-state index in [-0.39, 0.29) is 5.56 Å². The van der Waals surface area contributed by atoms with Gasteiger partial charge in [0.25, 0.3) is 0 Å². The van der Waals surface area contributed by atoms with Gasteiger partial charge >= 0.3 is 5.97 Å². The fourth-order valence-corrected chi connectivity index (χ4v) is 2.47. The Hall–Kier alpha value is -1.51. The van der Waals surface area contributed by atoms with Crippen molar-refractivity contribution in [2.45, 2.75) is 12.8 Å². The van der Waals surface area contributed by atoms with E-state index in [9.17, 15) is 4.79 Å². The van der Waals surface area contributed by atoms with Crippen LogP contribution in [0.25, 0.3) is 0 Å². The van der Waals surface area contributed by atoms with E-state index in [2.05, 4.69) is 0 Å². The average Bonchev–Trinajstić information content (AvgIpc) is 2.38. The Morgan fingerprint density at radius 1 is 0.947 bits per heavy atom. The van der Waals surface area contributed by atoms with Gasteiger partial charge in [0.15, 0.2) is 0 Å². The third kappa shape index (κ3) is 3.28. The van der Waals surface area contributed by atoms with Crippen molar-refractivity contribution in [1.29, 1.82) is 0 Å². The zero-order chi connectivity index (χ0) is 13.8. The smallest absolute Gasteiger partial charge is 0.336 e. The van der Waals surface area contributed by atoms with Crippen molar-refractivity contribution in [3.8, 4) is 0 Å². The number of aryl methyl sites for hydroxylation is 1. The molecule has 0 aliphatic heterocycles. The first-order valence-corrected chi connectivity index (χ1v) is 6.59. The quantitative estimate of drug-likeness (QED) is 0.903. The molecule has 0 aliphatic rings. The first kappa shape index (κ1) is 13.9. The fraction of sp³-hybridized carbons (Fsp3) is 0.133. The maximum absolute atomic E-state index is 11.2. The predicted octanol–water partition coefficient (Wildman–Crippen LogP) is 4.48. The largest absolute Gasteiger partial charge is 0.478 e. The van der Waals surface area contributed by atoms with Crippen LogP contribution < -0.4 is 0 Å². The van der Waals surface area contributed by atoms with Gasteiger partial charge in [-0.05, 0) is 42.2 Å². The van der Waals surface area contributed by atoms with E-state index in [1.165, 1.54) is 0 Å². The van der Waals surface area contributed by atoms with Crippen molar-refractivity contribution in [2.75, 3.05) is 0 Å². The highest BCUT2D eigenvalue weighted by atomic mass is 35.5. The number of carbonyl (C=O) groups is 1. The van der Waals surface area contributed by atoms with E-state index >= 15 is 0 Å². The Balaban J connectivity index is 2.25. The Labute approximate surface area is 121 Å². The van der Waals surface area contributed by atoms with Gasteiger partial charge in [-0.3, -0.25) is 0 Å². The zero-order valence-electron chi connectivity index (χ0n) is 10.1. The van der Waals surface area contributed by atoms with Crippen molar-refractivity contribution in [2.24, 2.45) is 0 Å². The van der Waals surface area contributed by atoms with Crippen molar-refractivity contribution in [3.05, 3.63) is 69.2 Å². The van der Waals surface area contributed by atoms with Crippen molar-refractivity contribution < 1.29 is 9.90 Å². The van der Waals surface area contributed by atoms with Crippen LogP contribution in [-0.2, 0) is 12.8 Å². The molecule has 0 heterocycles. The molecule has 2 aromatic rings. The molecule has 0 fully saturated rings. The highest BCUT2D eigenvalue weighted by molar-refractivity contribution is 6.32. The summed E-state index contributed by atoms with van der Waals surface area (Å²) in [6, 6.07) is 12.4. The molecule has 0 unspecified atom stereocenters. The lowest BCUT2D eigenvalue weighted by atomic mass is 9.99. The molecule has 0 saturated heterocycles. The molecule has 19 heavy (non-hydrogen) atoms. The normalized spacial score (nSPS) is 10.4. The van der Waals surface area contributed by atoms with E-state index in [1.807, 2.05) is 24.3 Å². The van der Waals surface area contributed by atoms with E-state index in [0.29, 0.717) is 28.5 Å². The lowest BCUT2D eigenvalue weighted by Gasteiger charge is -2.09. The lowest BCUT2D eigenvalue weighted by Crippen LogP contribution is -2.04. The van der Waals surface area contributed by atoms with Crippen LogP contribution in [0.4, 0.5) is 0 Å². The Morgan fingerprint density at radius 3 is 2.32 bits per heavy atom. The molecular weight excluding hydrogens is 283 g/mol. The monoisotopic (exact) mass is 294 g/mol. The first-order chi connectivity index (χ1) is 9.09. The van der Waals surface area contributed by atoms with Crippen molar-refractivity contribution in [3.63, 3.8) is 0 Å². The molecule has 1 N–H and O–H groups in total. The Kier molecular flexibility index (Phi) is 4.46. The van der Waals surface area contributed by atoms with Gasteiger partial charge in [0.05, 0.1) is 5.56 Å². The van der Waals surface area contributed by atoms with Crippen LogP contribution in [0.2, 0.25) is 10.0 Å². The number of benzene rings is 2. The number of aromatic carboxylic acids is 1. The van der Waals surface area contributed by atoms with E-state index in [0.717, 1.165) is 5.56 Å². The summed E-state index contributed by atoms with van der Waals surface area (Å²) in [7, 11) is 0. The zero-order valence-corrected chi connectivity index (χ0v) is 11.6. The van der Waals surface area contributed by atoms with Gasteiger partial charge in [0, 0.05) is 10.0 Å². The summed E-state index contributed by atoms with van der Waals surface area (Å²) >= 11 is 12.2. The molecule has 4 heteroatoms. The van der Waals surface area contributed by atoms with Crippen LogP contribution in [-0.4, -0.2) is 11.1 Å². The highest BCUT2D eigenvalue weighted by Gasteiger charge is 2.13. The summed E-state index contributed by atoms with van der Waals surface area (Å²) < 4.78 is 0. The molecule has 0 saturated carbocycles. The molecule has 0 radical (unpaired) electrons. The first-order valence-electron chi connectivity index (χ1n) is 5.83. The van der Waals surface area contributed by atoms with Gasteiger partial charge in [-0.1, -0.05) is 47.5 Å². The second-order valence-electron chi connectivity index (χ2n) is 4.16. The standard InChI is InChI=1S/C15H12Cl2O2/c16-13-6-2-1-4-10(13)8-9-11-12(15(18)19)5-3-7-14(11)17/h1-7H,8-9H2,(H,18,19). The van der Waals surface area contributed by atoms with Crippen LogP contribution in [0.5, 0.6) is 0 Å². The minimum atomic E-state index is -0.961. The van der Waals surface area contributed by atoms with Crippen LogP contribution in [0, 0.1) is 0 Å². The summed E-state index contributed by atoms with van der Waals surface area (Å²) in [6.45, 7) is 0. The van der Waals surface area contributed by atoms with Gasteiger partial charge in [-0.25, -0.2) is 4.79 Å². The number of carboxylic acid groups (broad SMARTS) is 1. The fourth-order valence-electron chi connectivity index (χ4n) is 1.97. The van der Waals surface area contributed by atoms with Crippen LogP contribution in [0.1, 0.15) is 21.5 Å². The van der Waals surface area contributed by atoms with Crippen LogP contribution >= 0.6 is 23.2 Å². The predicted molar refractivity (Wildman–Crippen MR) is 77.3 cm³/mol. The molecular formula is C15H12Cl2O2. The molecule has 0 bridgehead atoms. The van der Waals surface area contributed by atoms with E-state index in [4.69, 9.17) is 28.3 Å². The van der Waals surface area contributed by atoms with Crippen LogP contribution in [0.15, 0.2) is 42.5 Å². The third-order valence-electron chi connectivity index (χ3n) is 2.95. The molecule has 2 rings (SSSR count). The number of carboxylic acids is 1. The topological polar surface area (TPSA) is 37.3 Å². The second-order valence-corrected chi connectivity index (χ2v) is 4.98. The highest BCUT2D eigenvalue weighted by Crippen LogP contribution is 2.24. The molecule has 98 valence electrons. The third-order valence-corrected chi connectivity index (χ3v) is 3.67. The Bertz CT molecular complexity index is 609. The number of rotatable bonds is 4. The maximum atomic E-state index is 11.2. The summed E-state index contributed by atoms with van der Waals surface area (Å²) in [4.78, 5) is 11.2.